The van der Waals surface area contributed by atoms with Gasteiger partial charge in [-0.05, 0) is 35.7 Å². The summed E-state index contributed by atoms with van der Waals surface area (Å²) in [6, 6.07) is 20.1. The number of nitrogens with two attached hydrogens (primary N) is 1. The van der Waals surface area contributed by atoms with Crippen LogP contribution in [0.3, 0.4) is 0 Å². The summed E-state index contributed by atoms with van der Waals surface area (Å²) in [5, 5.41) is 12.2. The molecule has 0 unspecified atom stereocenters. The highest BCUT2D eigenvalue weighted by atomic mass is 16.5. The van der Waals surface area contributed by atoms with Crippen LogP contribution in [-0.4, -0.2) is 33.2 Å². The molecule has 0 aliphatic carbocycles. The maximum absolute atomic E-state index is 12.6. The number of nitrogens with zero attached hydrogens (tertiary/aromatic N) is 2. The van der Waals surface area contributed by atoms with Crippen LogP contribution < -0.4 is 11.4 Å². The Bertz CT molecular complexity index is 1370. The SMILES string of the molecule is CCOC(=O)c1cccc2[nH]c(=O)n(Cc3ccc(-c4ccccc4/C(N)=N\O)cc3)c12. The van der Waals surface area contributed by atoms with E-state index in [0.717, 1.165) is 16.7 Å². The Balaban J connectivity index is 1.71. The highest BCUT2D eigenvalue weighted by molar-refractivity contribution is 6.03. The minimum absolute atomic E-state index is 0.0292. The molecule has 8 heteroatoms. The summed E-state index contributed by atoms with van der Waals surface area (Å²) in [7, 11) is 0. The molecule has 0 aliphatic heterocycles. The van der Waals surface area contributed by atoms with Gasteiger partial charge in [-0.15, -0.1) is 0 Å². The minimum atomic E-state index is -0.471. The number of fused-ring (bicyclic) bond motifs is 1. The maximum atomic E-state index is 12.6. The van der Waals surface area contributed by atoms with Gasteiger partial charge in [-0.2, -0.15) is 0 Å². The lowest BCUT2D eigenvalue weighted by Crippen LogP contribution is -2.18. The molecule has 1 aromatic heterocycles. The number of para-hydroxylation sites is 1. The van der Waals surface area contributed by atoms with E-state index >= 15 is 0 Å². The standard InChI is InChI=1S/C24H22N4O4/c1-2-32-23(29)19-8-5-9-20-21(19)28(24(30)26-20)14-15-10-12-16(13-11-15)17-6-3-4-7-18(17)22(25)27-31/h3-13,31H,2,14H2,1H3,(H2,25,27)(H,26,30). The first-order valence-electron chi connectivity index (χ1n) is 10.1. The average Bonchev–Trinajstić information content (AvgIpc) is 3.14. The lowest BCUT2D eigenvalue weighted by molar-refractivity contribution is 0.0528. The quantitative estimate of drug-likeness (QED) is 0.142. The molecule has 0 atom stereocenters. The van der Waals surface area contributed by atoms with Gasteiger partial charge in [-0.1, -0.05) is 59.8 Å². The summed E-state index contributed by atoms with van der Waals surface area (Å²) in [6.45, 7) is 2.26. The zero-order chi connectivity index (χ0) is 22.7. The van der Waals surface area contributed by atoms with E-state index in [2.05, 4.69) is 10.1 Å². The van der Waals surface area contributed by atoms with Crippen LogP contribution in [0.25, 0.3) is 22.2 Å². The molecule has 0 spiro atoms. The van der Waals surface area contributed by atoms with Gasteiger partial charge < -0.3 is 20.7 Å². The first kappa shape index (κ1) is 20.9. The van der Waals surface area contributed by atoms with Crippen molar-refractivity contribution in [2.24, 2.45) is 10.9 Å². The van der Waals surface area contributed by atoms with Gasteiger partial charge in [-0.25, -0.2) is 9.59 Å². The Morgan fingerprint density at radius 3 is 2.50 bits per heavy atom. The number of oxime groups is 1. The van der Waals surface area contributed by atoms with Gasteiger partial charge >= 0.3 is 11.7 Å². The van der Waals surface area contributed by atoms with Crippen LogP contribution in [0.15, 0.2) is 76.7 Å². The fraction of sp³-hybridized carbons (Fsp3) is 0.125. The number of aromatic amines is 1. The van der Waals surface area contributed by atoms with Crippen molar-refractivity contribution in [3.8, 4) is 11.1 Å². The van der Waals surface area contributed by atoms with E-state index < -0.39 is 5.97 Å². The van der Waals surface area contributed by atoms with Crippen molar-refractivity contribution in [1.29, 1.82) is 0 Å². The fourth-order valence-electron chi connectivity index (χ4n) is 3.73. The van der Waals surface area contributed by atoms with Gasteiger partial charge in [0.1, 0.15) is 0 Å². The van der Waals surface area contributed by atoms with E-state index in [4.69, 9.17) is 15.7 Å². The number of ether oxygens (including phenoxy) is 1. The zero-order valence-corrected chi connectivity index (χ0v) is 17.4. The predicted octanol–water partition coefficient (Wildman–Crippen LogP) is 3.32. The number of aromatic nitrogens is 2. The number of rotatable bonds is 6. The molecule has 3 aromatic carbocycles. The van der Waals surface area contributed by atoms with E-state index in [1.165, 1.54) is 4.57 Å². The highest BCUT2D eigenvalue weighted by Gasteiger charge is 2.17. The van der Waals surface area contributed by atoms with Crippen LogP contribution in [0.2, 0.25) is 0 Å². The summed E-state index contributed by atoms with van der Waals surface area (Å²) in [4.78, 5) is 27.8. The summed E-state index contributed by atoms with van der Waals surface area (Å²) in [5.41, 5.74) is 10.1. The third-order valence-corrected chi connectivity index (χ3v) is 5.20. The molecule has 162 valence electrons. The molecule has 0 aliphatic rings. The molecule has 4 rings (SSSR count). The Labute approximate surface area is 183 Å². The van der Waals surface area contributed by atoms with E-state index in [-0.39, 0.29) is 24.7 Å². The van der Waals surface area contributed by atoms with Gasteiger partial charge in [0.25, 0.3) is 0 Å². The zero-order valence-electron chi connectivity index (χ0n) is 17.4. The van der Waals surface area contributed by atoms with E-state index in [1.54, 1.807) is 31.2 Å². The van der Waals surface area contributed by atoms with E-state index in [9.17, 15) is 9.59 Å². The van der Waals surface area contributed by atoms with Crippen LogP contribution >= 0.6 is 0 Å². The summed E-state index contributed by atoms with van der Waals surface area (Å²) in [5.74, 6) is -0.442. The van der Waals surface area contributed by atoms with Crippen molar-refractivity contribution in [3.63, 3.8) is 0 Å². The molecule has 32 heavy (non-hydrogen) atoms. The summed E-state index contributed by atoms with van der Waals surface area (Å²) in [6.07, 6.45) is 0. The number of hydrogen-bond acceptors (Lipinski definition) is 5. The number of imidazole rings is 1. The number of esters is 1. The lowest BCUT2D eigenvalue weighted by atomic mass is 9.98. The number of carbonyl (C=O) groups is 1. The van der Waals surface area contributed by atoms with E-state index in [0.29, 0.717) is 22.2 Å². The third kappa shape index (κ3) is 3.85. The van der Waals surface area contributed by atoms with Gasteiger partial charge in [0.2, 0.25) is 0 Å². The van der Waals surface area contributed by atoms with Gasteiger partial charge in [0.15, 0.2) is 5.84 Å². The Morgan fingerprint density at radius 1 is 1.06 bits per heavy atom. The molecule has 1 heterocycles. The van der Waals surface area contributed by atoms with Crippen molar-refractivity contribution in [2.45, 2.75) is 13.5 Å². The molecule has 0 saturated heterocycles. The monoisotopic (exact) mass is 430 g/mol. The average molecular weight is 430 g/mol. The highest BCUT2D eigenvalue weighted by Crippen LogP contribution is 2.25. The number of amidine groups is 1. The second-order valence-corrected chi connectivity index (χ2v) is 7.17. The largest absolute Gasteiger partial charge is 0.462 e. The van der Waals surface area contributed by atoms with Crippen LogP contribution in [0.4, 0.5) is 0 Å². The fourth-order valence-corrected chi connectivity index (χ4v) is 3.73. The molecule has 4 N–H and O–H groups in total. The second-order valence-electron chi connectivity index (χ2n) is 7.17. The molecule has 8 nitrogen and oxygen atoms in total. The molecule has 0 fully saturated rings. The Hall–Kier alpha value is -4.33. The molecular weight excluding hydrogens is 408 g/mol. The second kappa shape index (κ2) is 8.81. The number of nitrogens with one attached hydrogen (secondary N) is 1. The number of carbonyl (C=O) groups excluding carboxylic acids is 1. The van der Waals surface area contributed by atoms with Crippen molar-refractivity contribution >= 4 is 22.8 Å². The van der Waals surface area contributed by atoms with Gasteiger partial charge in [-0.3, -0.25) is 4.57 Å². The molecule has 0 amide bonds. The molecular formula is C24H22N4O4. The maximum Gasteiger partial charge on any atom is 0.340 e. The van der Waals surface area contributed by atoms with Crippen molar-refractivity contribution in [3.05, 3.63) is 93.9 Å². The summed E-state index contributed by atoms with van der Waals surface area (Å²) < 4.78 is 6.68. The van der Waals surface area contributed by atoms with Crippen LogP contribution in [0.1, 0.15) is 28.4 Å². The molecule has 4 aromatic rings. The van der Waals surface area contributed by atoms with Crippen molar-refractivity contribution in [2.75, 3.05) is 6.61 Å². The smallest absolute Gasteiger partial charge is 0.340 e. The number of H-pyrrole nitrogens is 1. The predicted molar refractivity (Wildman–Crippen MR) is 122 cm³/mol. The van der Waals surface area contributed by atoms with Gasteiger partial charge in [0.05, 0.1) is 29.7 Å². The topological polar surface area (TPSA) is 123 Å². The van der Waals surface area contributed by atoms with Crippen LogP contribution in [0.5, 0.6) is 0 Å². The van der Waals surface area contributed by atoms with Crippen molar-refractivity contribution in [1.82, 2.24) is 9.55 Å². The lowest BCUT2D eigenvalue weighted by Gasteiger charge is -2.11. The number of hydrogen-bond donors (Lipinski definition) is 3. The first-order valence-corrected chi connectivity index (χ1v) is 10.1. The third-order valence-electron chi connectivity index (χ3n) is 5.20. The van der Waals surface area contributed by atoms with Gasteiger partial charge in [0, 0.05) is 5.56 Å². The van der Waals surface area contributed by atoms with E-state index in [1.807, 2.05) is 42.5 Å². The molecule has 0 radical (unpaired) electrons. The van der Waals surface area contributed by atoms with Crippen LogP contribution in [-0.2, 0) is 11.3 Å². The molecule has 0 saturated carbocycles. The Morgan fingerprint density at radius 2 is 1.78 bits per heavy atom. The normalized spacial score (nSPS) is 11.6. The minimum Gasteiger partial charge on any atom is -0.462 e. The number of benzene rings is 3. The summed E-state index contributed by atoms with van der Waals surface area (Å²) >= 11 is 0. The van der Waals surface area contributed by atoms with Crippen molar-refractivity contribution < 1.29 is 14.7 Å². The molecule has 0 bridgehead atoms. The Kier molecular flexibility index (Phi) is 5.76. The first-order chi connectivity index (χ1) is 15.5. The van der Waals surface area contributed by atoms with Crippen LogP contribution in [0, 0.1) is 0 Å².